The Morgan fingerprint density at radius 1 is 1.00 bits per heavy atom. The first-order valence-electron chi connectivity index (χ1n) is 8.95. The van der Waals surface area contributed by atoms with Crippen LogP contribution in [0.25, 0.3) is 11.3 Å². The Morgan fingerprint density at radius 2 is 1.71 bits per heavy atom. The van der Waals surface area contributed by atoms with E-state index < -0.39 is 5.97 Å². The van der Waals surface area contributed by atoms with Crippen LogP contribution in [0.15, 0.2) is 66.7 Å². The Morgan fingerprint density at radius 3 is 2.43 bits per heavy atom. The number of hydrogen-bond acceptors (Lipinski definition) is 4. The summed E-state index contributed by atoms with van der Waals surface area (Å²) in [5, 5.41) is 13.7. The fourth-order valence-corrected chi connectivity index (χ4v) is 3.09. The van der Waals surface area contributed by atoms with E-state index in [1.54, 1.807) is 19.2 Å². The van der Waals surface area contributed by atoms with Gasteiger partial charge in [0.1, 0.15) is 12.3 Å². The van der Waals surface area contributed by atoms with Gasteiger partial charge < -0.3 is 24.5 Å². The number of benzene rings is 2. The minimum absolute atomic E-state index is 0.0532. The van der Waals surface area contributed by atoms with Gasteiger partial charge in [-0.25, -0.2) is 0 Å². The number of carboxylic acid groups (broad SMARTS) is 1. The molecule has 3 rings (SSSR count). The van der Waals surface area contributed by atoms with Crippen LogP contribution in [0.4, 0.5) is 5.69 Å². The summed E-state index contributed by atoms with van der Waals surface area (Å²) in [6.45, 7) is 0.0532. The SMILES string of the molecule is COc1ccccc1NC(=O)Cn1c(CCC(=O)[O-])ccc1-c1ccccc1. The van der Waals surface area contributed by atoms with Crippen LogP contribution in [0.2, 0.25) is 0 Å². The highest BCUT2D eigenvalue weighted by Gasteiger charge is 2.14. The first-order chi connectivity index (χ1) is 13.6. The highest BCUT2D eigenvalue weighted by Crippen LogP contribution is 2.25. The van der Waals surface area contributed by atoms with Crippen LogP contribution >= 0.6 is 0 Å². The molecule has 0 spiro atoms. The van der Waals surface area contributed by atoms with Crippen LogP contribution in [-0.4, -0.2) is 23.6 Å². The molecular formula is C22H21N2O4-. The van der Waals surface area contributed by atoms with Gasteiger partial charge in [0.05, 0.1) is 12.8 Å². The molecule has 0 radical (unpaired) electrons. The number of aromatic nitrogens is 1. The van der Waals surface area contributed by atoms with Crippen LogP contribution in [0.1, 0.15) is 12.1 Å². The molecule has 0 unspecified atom stereocenters. The van der Waals surface area contributed by atoms with Crippen molar-refractivity contribution < 1.29 is 19.4 Å². The summed E-state index contributed by atoms with van der Waals surface area (Å²) in [5.74, 6) is -0.774. The molecule has 144 valence electrons. The number of nitrogens with zero attached hydrogens (tertiary/aromatic N) is 1. The van der Waals surface area contributed by atoms with Crippen LogP contribution in [0, 0.1) is 0 Å². The normalized spacial score (nSPS) is 10.5. The lowest BCUT2D eigenvalue weighted by atomic mass is 10.1. The number of anilines is 1. The number of ether oxygens (including phenoxy) is 1. The van der Waals surface area contributed by atoms with Crippen molar-refractivity contribution in [2.24, 2.45) is 0 Å². The summed E-state index contributed by atoms with van der Waals surface area (Å²) in [6, 6.07) is 20.6. The minimum atomic E-state index is -1.12. The van der Waals surface area contributed by atoms with Gasteiger partial charge in [0.2, 0.25) is 5.91 Å². The molecule has 6 nitrogen and oxygen atoms in total. The third kappa shape index (κ3) is 4.59. The van der Waals surface area contributed by atoms with Gasteiger partial charge in [0.15, 0.2) is 0 Å². The Bertz CT molecular complexity index is 964. The van der Waals surface area contributed by atoms with E-state index in [1.807, 2.05) is 59.2 Å². The lowest BCUT2D eigenvalue weighted by molar-refractivity contribution is -0.305. The molecule has 1 amide bonds. The van der Waals surface area contributed by atoms with E-state index in [9.17, 15) is 14.7 Å². The number of carboxylic acids is 1. The number of amides is 1. The number of hydrogen-bond donors (Lipinski definition) is 1. The predicted molar refractivity (Wildman–Crippen MR) is 105 cm³/mol. The van der Waals surface area contributed by atoms with Gasteiger partial charge in [-0.05, 0) is 42.7 Å². The number of nitrogens with one attached hydrogen (secondary N) is 1. The van der Waals surface area contributed by atoms with Crippen molar-refractivity contribution in [1.29, 1.82) is 0 Å². The maximum atomic E-state index is 12.7. The molecule has 3 aromatic rings. The molecule has 0 aliphatic rings. The summed E-state index contributed by atoms with van der Waals surface area (Å²) in [7, 11) is 1.54. The van der Waals surface area contributed by atoms with E-state index in [0.717, 1.165) is 17.0 Å². The topological polar surface area (TPSA) is 83.4 Å². The Labute approximate surface area is 163 Å². The zero-order valence-electron chi connectivity index (χ0n) is 15.6. The summed E-state index contributed by atoms with van der Waals surface area (Å²) >= 11 is 0. The fraction of sp³-hybridized carbons (Fsp3) is 0.182. The van der Waals surface area contributed by atoms with Crippen LogP contribution < -0.4 is 15.2 Å². The number of methoxy groups -OCH3 is 1. The van der Waals surface area contributed by atoms with Gasteiger partial charge in [-0.3, -0.25) is 4.79 Å². The molecule has 0 saturated heterocycles. The summed E-state index contributed by atoms with van der Waals surface area (Å²) in [5.41, 5.74) is 3.15. The average molecular weight is 377 g/mol. The standard InChI is InChI=1S/C22H22N2O4/c1-28-20-10-6-5-9-18(20)23-21(25)15-24-17(12-14-22(26)27)11-13-19(24)16-7-3-2-4-8-16/h2-11,13H,12,14-15H2,1H3,(H,23,25)(H,26,27)/p-1. The summed E-state index contributed by atoms with van der Waals surface area (Å²) in [6.07, 6.45) is 0.184. The van der Waals surface area contributed by atoms with E-state index in [2.05, 4.69) is 5.32 Å². The first kappa shape index (κ1) is 19.2. The van der Waals surface area contributed by atoms with Crippen LogP contribution in [-0.2, 0) is 22.6 Å². The molecule has 0 atom stereocenters. The molecule has 1 N–H and O–H groups in total. The smallest absolute Gasteiger partial charge is 0.244 e. The van der Waals surface area contributed by atoms with E-state index >= 15 is 0 Å². The number of carbonyl (C=O) groups is 2. The van der Waals surface area contributed by atoms with Gasteiger partial charge in [-0.1, -0.05) is 42.5 Å². The highest BCUT2D eigenvalue weighted by molar-refractivity contribution is 5.92. The van der Waals surface area contributed by atoms with Crippen molar-refractivity contribution in [3.63, 3.8) is 0 Å². The van der Waals surface area contributed by atoms with Gasteiger partial charge in [0.25, 0.3) is 0 Å². The minimum Gasteiger partial charge on any atom is -0.550 e. The van der Waals surface area contributed by atoms with Gasteiger partial charge in [0, 0.05) is 17.4 Å². The van der Waals surface area contributed by atoms with Crippen molar-refractivity contribution in [3.8, 4) is 17.0 Å². The number of rotatable bonds is 8. The molecule has 2 aromatic carbocycles. The zero-order chi connectivity index (χ0) is 19.9. The lowest BCUT2D eigenvalue weighted by Crippen LogP contribution is -2.24. The van der Waals surface area contributed by atoms with Gasteiger partial charge in [-0.2, -0.15) is 0 Å². The van der Waals surface area contributed by atoms with E-state index in [0.29, 0.717) is 11.4 Å². The molecule has 0 bridgehead atoms. The van der Waals surface area contributed by atoms with E-state index in [4.69, 9.17) is 4.74 Å². The second-order valence-corrected chi connectivity index (χ2v) is 6.28. The van der Waals surface area contributed by atoms with Crippen molar-refractivity contribution in [1.82, 2.24) is 4.57 Å². The predicted octanol–water partition coefficient (Wildman–Crippen LogP) is 2.48. The number of aliphatic carboxylic acids is 1. The highest BCUT2D eigenvalue weighted by atomic mass is 16.5. The van der Waals surface area contributed by atoms with Crippen molar-refractivity contribution in [2.75, 3.05) is 12.4 Å². The fourth-order valence-electron chi connectivity index (χ4n) is 3.09. The quantitative estimate of drug-likeness (QED) is 0.654. The second-order valence-electron chi connectivity index (χ2n) is 6.28. The summed E-state index contributed by atoms with van der Waals surface area (Å²) in [4.78, 5) is 23.6. The monoisotopic (exact) mass is 377 g/mol. The molecular weight excluding hydrogens is 356 g/mol. The maximum Gasteiger partial charge on any atom is 0.244 e. The van der Waals surface area contributed by atoms with Gasteiger partial charge in [-0.15, -0.1) is 0 Å². The van der Waals surface area contributed by atoms with Gasteiger partial charge >= 0.3 is 0 Å². The number of para-hydroxylation sites is 2. The van der Waals surface area contributed by atoms with Crippen LogP contribution in [0.3, 0.4) is 0 Å². The zero-order valence-corrected chi connectivity index (χ0v) is 15.6. The number of carbonyl (C=O) groups excluding carboxylic acids is 2. The molecule has 1 heterocycles. The first-order valence-corrected chi connectivity index (χ1v) is 8.95. The molecule has 0 aliphatic heterocycles. The molecule has 1 aromatic heterocycles. The Balaban J connectivity index is 1.87. The third-order valence-electron chi connectivity index (χ3n) is 4.41. The van der Waals surface area contributed by atoms with E-state index in [1.165, 1.54) is 0 Å². The van der Waals surface area contributed by atoms with Crippen molar-refractivity contribution >= 4 is 17.6 Å². The molecule has 0 saturated carbocycles. The largest absolute Gasteiger partial charge is 0.550 e. The van der Waals surface area contributed by atoms with E-state index in [-0.39, 0.29) is 25.3 Å². The average Bonchev–Trinajstić information content (AvgIpc) is 3.09. The third-order valence-corrected chi connectivity index (χ3v) is 4.41. The molecule has 0 fully saturated rings. The Hall–Kier alpha value is -3.54. The van der Waals surface area contributed by atoms with Crippen molar-refractivity contribution in [2.45, 2.75) is 19.4 Å². The second kappa shape index (κ2) is 8.90. The molecule has 0 aliphatic carbocycles. The van der Waals surface area contributed by atoms with Crippen molar-refractivity contribution in [3.05, 3.63) is 72.4 Å². The number of aryl methyl sites for hydroxylation is 1. The lowest BCUT2D eigenvalue weighted by Gasteiger charge is -2.15. The van der Waals surface area contributed by atoms with Crippen LogP contribution in [0.5, 0.6) is 5.75 Å². The maximum absolute atomic E-state index is 12.7. The molecule has 6 heteroatoms. The summed E-state index contributed by atoms with van der Waals surface area (Å²) < 4.78 is 7.11. The Kier molecular flexibility index (Phi) is 6.11. The molecule has 28 heavy (non-hydrogen) atoms.